The predicted molar refractivity (Wildman–Crippen MR) is 121 cm³/mol. The number of nitrogens with one attached hydrogen (secondary N) is 2. The van der Waals surface area contributed by atoms with E-state index in [1.165, 1.54) is 33.5 Å². The zero-order valence-corrected chi connectivity index (χ0v) is 19.6. The van der Waals surface area contributed by atoms with Gasteiger partial charge in [0.25, 0.3) is 0 Å². The Hall–Kier alpha value is -1.95. The molecule has 170 valence electrons. The molecular formula is C24H33ClN2O4. The first-order valence-corrected chi connectivity index (χ1v) is 11.7. The lowest BCUT2D eigenvalue weighted by Crippen LogP contribution is -2.57. The summed E-state index contributed by atoms with van der Waals surface area (Å²) < 4.78 is 10.6. The second-order valence-electron chi connectivity index (χ2n) is 10.1. The van der Waals surface area contributed by atoms with Crippen LogP contribution < -0.4 is 20.1 Å². The van der Waals surface area contributed by atoms with Gasteiger partial charge in [-0.05, 0) is 62.2 Å². The van der Waals surface area contributed by atoms with Crippen molar-refractivity contribution in [2.75, 3.05) is 19.5 Å². The molecular weight excluding hydrogens is 416 g/mol. The van der Waals surface area contributed by atoms with Crippen LogP contribution in [0.25, 0.3) is 0 Å². The molecule has 4 bridgehead atoms. The van der Waals surface area contributed by atoms with E-state index in [4.69, 9.17) is 21.1 Å². The summed E-state index contributed by atoms with van der Waals surface area (Å²) in [5.74, 6) is 2.71. The number of anilines is 1. The third-order valence-electron chi connectivity index (χ3n) is 7.49. The molecule has 7 heteroatoms. The second-order valence-corrected chi connectivity index (χ2v) is 10.5. The van der Waals surface area contributed by atoms with Gasteiger partial charge in [-0.1, -0.05) is 25.4 Å². The Labute approximate surface area is 189 Å². The lowest BCUT2D eigenvalue weighted by molar-refractivity contribution is -0.148. The van der Waals surface area contributed by atoms with Crippen LogP contribution in [0.1, 0.15) is 52.4 Å². The molecule has 5 rings (SSSR count). The summed E-state index contributed by atoms with van der Waals surface area (Å²) in [6.07, 6.45) is 6.74. The molecule has 6 nitrogen and oxygen atoms in total. The molecule has 0 saturated heterocycles. The second kappa shape index (κ2) is 8.53. The summed E-state index contributed by atoms with van der Waals surface area (Å²) in [4.78, 5) is 26.6. The van der Waals surface area contributed by atoms with Crippen molar-refractivity contribution in [3.05, 3.63) is 17.2 Å². The zero-order chi connectivity index (χ0) is 22.3. The van der Waals surface area contributed by atoms with Crippen LogP contribution in [0.4, 0.5) is 5.69 Å². The van der Waals surface area contributed by atoms with E-state index in [1.54, 1.807) is 12.1 Å². The fourth-order valence-corrected chi connectivity index (χ4v) is 6.58. The fraction of sp³-hybridized carbons (Fsp3) is 0.667. The number of amides is 2. The van der Waals surface area contributed by atoms with Crippen molar-refractivity contribution >= 4 is 29.1 Å². The highest BCUT2D eigenvalue weighted by molar-refractivity contribution is 6.34. The molecule has 1 aromatic rings. The van der Waals surface area contributed by atoms with Gasteiger partial charge in [-0.15, -0.1) is 0 Å². The highest BCUT2D eigenvalue weighted by Crippen LogP contribution is 2.60. The summed E-state index contributed by atoms with van der Waals surface area (Å²) in [5.41, 5.74) is 0.141. The van der Waals surface area contributed by atoms with Gasteiger partial charge in [0.15, 0.2) is 11.5 Å². The highest BCUT2D eigenvalue weighted by Gasteiger charge is 2.55. The number of carbonyl (C=O) groups excluding carboxylic acids is 2. The first-order valence-electron chi connectivity index (χ1n) is 11.3. The number of hydrogen-bond donors (Lipinski definition) is 2. The predicted octanol–water partition coefficient (Wildman–Crippen LogP) is 4.65. The van der Waals surface area contributed by atoms with Crippen LogP contribution in [0.2, 0.25) is 5.02 Å². The van der Waals surface area contributed by atoms with Crippen LogP contribution in [-0.2, 0) is 9.59 Å². The van der Waals surface area contributed by atoms with Gasteiger partial charge < -0.3 is 20.1 Å². The molecule has 0 unspecified atom stereocenters. The molecule has 2 amide bonds. The van der Waals surface area contributed by atoms with Gasteiger partial charge in [-0.25, -0.2) is 0 Å². The minimum absolute atomic E-state index is 0.0545. The standard InChI is InChI=1S/C24H33ClN2O4/c1-13(2)21(22(28)26-18-9-20(31-4)19(30-3)8-17(18)25)27-23(29)24-10-14-5-15(11-24)7-16(6-14)12-24/h8-9,13-16,21H,5-7,10-12H2,1-4H3,(H,26,28)(H,27,29)/t14?,15?,16?,21-,24?/m1/s1. The number of halogens is 1. The Morgan fingerprint density at radius 2 is 1.52 bits per heavy atom. The summed E-state index contributed by atoms with van der Waals surface area (Å²) in [7, 11) is 3.06. The lowest BCUT2D eigenvalue weighted by Gasteiger charge is -2.55. The monoisotopic (exact) mass is 448 g/mol. The molecule has 0 spiro atoms. The van der Waals surface area contributed by atoms with Gasteiger partial charge in [0.05, 0.1) is 24.9 Å². The van der Waals surface area contributed by atoms with E-state index in [9.17, 15) is 9.59 Å². The molecule has 4 aliphatic rings. The molecule has 31 heavy (non-hydrogen) atoms. The Bertz CT molecular complexity index is 834. The van der Waals surface area contributed by atoms with Crippen LogP contribution >= 0.6 is 11.6 Å². The minimum atomic E-state index is -0.635. The number of hydrogen-bond acceptors (Lipinski definition) is 4. The molecule has 0 aliphatic heterocycles. The maximum atomic E-state index is 13.5. The maximum absolute atomic E-state index is 13.5. The van der Waals surface area contributed by atoms with Crippen molar-refractivity contribution in [3.8, 4) is 11.5 Å². The Morgan fingerprint density at radius 3 is 2.00 bits per heavy atom. The molecule has 2 N–H and O–H groups in total. The van der Waals surface area contributed by atoms with Gasteiger partial charge in [0.1, 0.15) is 6.04 Å². The topological polar surface area (TPSA) is 76.7 Å². The summed E-state index contributed by atoms with van der Waals surface area (Å²) in [6, 6.07) is 2.61. The van der Waals surface area contributed by atoms with E-state index in [2.05, 4.69) is 10.6 Å². The summed E-state index contributed by atoms with van der Waals surface area (Å²) >= 11 is 6.34. The third kappa shape index (κ3) is 4.23. The van der Waals surface area contributed by atoms with Crippen LogP contribution in [0.3, 0.4) is 0 Å². The van der Waals surface area contributed by atoms with E-state index in [0.717, 1.165) is 19.3 Å². The van der Waals surface area contributed by atoms with Crippen molar-refractivity contribution in [2.45, 2.75) is 58.4 Å². The smallest absolute Gasteiger partial charge is 0.247 e. The van der Waals surface area contributed by atoms with E-state index in [0.29, 0.717) is 40.0 Å². The number of ether oxygens (including phenoxy) is 2. The molecule has 1 aromatic carbocycles. The van der Waals surface area contributed by atoms with Crippen LogP contribution in [0.5, 0.6) is 11.5 Å². The molecule has 0 radical (unpaired) electrons. The van der Waals surface area contributed by atoms with Crippen molar-refractivity contribution in [1.29, 1.82) is 0 Å². The molecule has 4 saturated carbocycles. The van der Waals surface area contributed by atoms with Gasteiger partial charge in [0.2, 0.25) is 11.8 Å². The van der Waals surface area contributed by atoms with Crippen molar-refractivity contribution in [3.63, 3.8) is 0 Å². The molecule has 0 heterocycles. The maximum Gasteiger partial charge on any atom is 0.247 e. The van der Waals surface area contributed by atoms with E-state index in [-0.39, 0.29) is 23.1 Å². The Kier molecular flexibility index (Phi) is 6.12. The number of methoxy groups -OCH3 is 2. The fourth-order valence-electron chi connectivity index (χ4n) is 6.38. The lowest BCUT2D eigenvalue weighted by atomic mass is 9.49. The highest BCUT2D eigenvalue weighted by atomic mass is 35.5. The number of rotatable bonds is 7. The largest absolute Gasteiger partial charge is 0.493 e. The molecule has 1 atom stereocenters. The van der Waals surface area contributed by atoms with Gasteiger partial charge in [-0.2, -0.15) is 0 Å². The van der Waals surface area contributed by atoms with Crippen LogP contribution in [0.15, 0.2) is 12.1 Å². The van der Waals surface area contributed by atoms with E-state index >= 15 is 0 Å². The first-order chi connectivity index (χ1) is 14.7. The molecule has 4 aliphatic carbocycles. The minimum Gasteiger partial charge on any atom is -0.493 e. The summed E-state index contributed by atoms with van der Waals surface area (Å²) in [5, 5.41) is 6.34. The van der Waals surface area contributed by atoms with Gasteiger partial charge >= 0.3 is 0 Å². The zero-order valence-electron chi connectivity index (χ0n) is 18.8. The van der Waals surface area contributed by atoms with E-state index in [1.807, 2.05) is 13.8 Å². The third-order valence-corrected chi connectivity index (χ3v) is 7.80. The van der Waals surface area contributed by atoms with Crippen molar-refractivity contribution in [2.24, 2.45) is 29.1 Å². The number of benzene rings is 1. The summed E-state index contributed by atoms with van der Waals surface area (Å²) in [6.45, 7) is 3.89. The normalized spacial score (nSPS) is 29.5. The average Bonchev–Trinajstić information content (AvgIpc) is 2.71. The quantitative estimate of drug-likeness (QED) is 0.636. The molecule has 4 fully saturated rings. The van der Waals surface area contributed by atoms with Crippen LogP contribution in [-0.4, -0.2) is 32.1 Å². The molecule has 0 aromatic heterocycles. The van der Waals surface area contributed by atoms with Crippen molar-refractivity contribution < 1.29 is 19.1 Å². The van der Waals surface area contributed by atoms with E-state index < -0.39 is 6.04 Å². The van der Waals surface area contributed by atoms with Gasteiger partial charge in [0, 0.05) is 17.5 Å². The Morgan fingerprint density at radius 1 is 1.00 bits per heavy atom. The number of carbonyl (C=O) groups is 2. The first kappa shape index (κ1) is 22.3. The Balaban J connectivity index is 1.49. The van der Waals surface area contributed by atoms with Gasteiger partial charge in [-0.3, -0.25) is 9.59 Å². The SMILES string of the molecule is COc1cc(Cl)c(NC(=O)[C@H](NC(=O)C23CC4CC(CC(C4)C2)C3)C(C)C)cc1OC. The van der Waals surface area contributed by atoms with Crippen molar-refractivity contribution in [1.82, 2.24) is 5.32 Å². The average molecular weight is 449 g/mol. The van der Waals surface area contributed by atoms with Crippen LogP contribution in [0, 0.1) is 29.1 Å².